The van der Waals surface area contributed by atoms with E-state index in [2.05, 4.69) is 31.9 Å². The third-order valence-corrected chi connectivity index (χ3v) is 4.81. The minimum Gasteiger partial charge on any atom is -0.506 e. The predicted molar refractivity (Wildman–Crippen MR) is 96.1 cm³/mol. The third kappa shape index (κ3) is 2.69. The molecule has 22 heavy (non-hydrogen) atoms. The van der Waals surface area contributed by atoms with Gasteiger partial charge in [-0.25, -0.2) is 0 Å². The molecule has 0 bridgehead atoms. The molecule has 1 N–H and O–H groups in total. The van der Waals surface area contributed by atoms with Gasteiger partial charge in [-0.15, -0.1) is 0 Å². The Morgan fingerprint density at radius 3 is 2.45 bits per heavy atom. The van der Waals surface area contributed by atoms with Crippen molar-refractivity contribution in [1.82, 2.24) is 4.90 Å². The number of fused-ring (bicyclic) bond motifs is 1. The lowest BCUT2D eigenvalue weighted by Gasteiger charge is -2.12. The van der Waals surface area contributed by atoms with Crippen molar-refractivity contribution in [2.24, 2.45) is 0 Å². The first-order valence-electron chi connectivity index (χ1n) is 6.81. The SMILES string of the molecule is CN(C)Cc1cc2oc(Br)c(-c3ccccc3)c2c(Br)c1O. The summed E-state index contributed by atoms with van der Waals surface area (Å²) in [7, 11) is 3.93. The largest absolute Gasteiger partial charge is 0.506 e. The van der Waals surface area contributed by atoms with Gasteiger partial charge in [0.2, 0.25) is 0 Å². The van der Waals surface area contributed by atoms with E-state index in [1.807, 2.05) is 55.4 Å². The van der Waals surface area contributed by atoms with E-state index < -0.39 is 0 Å². The molecule has 114 valence electrons. The quantitative estimate of drug-likeness (QED) is 0.612. The zero-order valence-electron chi connectivity index (χ0n) is 12.2. The maximum Gasteiger partial charge on any atom is 0.178 e. The Bertz CT molecular complexity index is 826. The molecular weight excluding hydrogens is 410 g/mol. The van der Waals surface area contributed by atoms with Gasteiger partial charge in [-0.05, 0) is 57.6 Å². The van der Waals surface area contributed by atoms with Crippen LogP contribution in [0.5, 0.6) is 5.75 Å². The molecule has 3 rings (SSSR count). The summed E-state index contributed by atoms with van der Waals surface area (Å²) in [5.74, 6) is 0.256. The lowest BCUT2D eigenvalue weighted by molar-refractivity contribution is 0.385. The molecule has 5 heteroatoms. The molecule has 0 amide bonds. The minimum atomic E-state index is 0.256. The number of nitrogens with zero attached hydrogens (tertiary/aromatic N) is 1. The first kappa shape index (κ1) is 15.6. The van der Waals surface area contributed by atoms with Gasteiger partial charge in [0.15, 0.2) is 4.67 Å². The van der Waals surface area contributed by atoms with E-state index in [4.69, 9.17) is 4.42 Å². The van der Waals surface area contributed by atoms with E-state index in [-0.39, 0.29) is 5.75 Å². The fourth-order valence-electron chi connectivity index (χ4n) is 2.55. The van der Waals surface area contributed by atoms with Gasteiger partial charge in [0.05, 0.1) is 4.47 Å². The molecule has 1 aromatic heterocycles. The number of phenolic OH excluding ortho intramolecular Hbond substituents is 1. The summed E-state index contributed by atoms with van der Waals surface area (Å²) in [5.41, 5.74) is 3.54. The molecule has 1 heterocycles. The molecule has 0 saturated heterocycles. The van der Waals surface area contributed by atoms with Gasteiger partial charge in [-0.3, -0.25) is 0 Å². The Balaban J connectivity index is 2.29. The van der Waals surface area contributed by atoms with E-state index in [1.165, 1.54) is 0 Å². The topological polar surface area (TPSA) is 36.6 Å². The Morgan fingerprint density at radius 2 is 1.82 bits per heavy atom. The Kier molecular flexibility index (Phi) is 4.30. The molecule has 3 aromatic rings. The minimum absolute atomic E-state index is 0.256. The number of furan rings is 1. The number of aromatic hydroxyl groups is 1. The second kappa shape index (κ2) is 6.07. The smallest absolute Gasteiger partial charge is 0.178 e. The molecule has 2 aromatic carbocycles. The first-order chi connectivity index (χ1) is 10.5. The van der Waals surface area contributed by atoms with Crippen LogP contribution in [0.25, 0.3) is 22.1 Å². The van der Waals surface area contributed by atoms with Crippen molar-refractivity contribution >= 4 is 42.8 Å². The van der Waals surface area contributed by atoms with E-state index >= 15 is 0 Å². The van der Waals surface area contributed by atoms with Crippen molar-refractivity contribution in [2.75, 3.05) is 14.1 Å². The fraction of sp³-hybridized carbons (Fsp3) is 0.176. The third-order valence-electron chi connectivity index (χ3n) is 3.48. The number of phenols is 1. The summed E-state index contributed by atoms with van der Waals surface area (Å²) in [6, 6.07) is 11.9. The van der Waals surface area contributed by atoms with Crippen LogP contribution in [0.15, 0.2) is 50.0 Å². The van der Waals surface area contributed by atoms with Crippen molar-refractivity contribution in [1.29, 1.82) is 0 Å². The van der Waals surface area contributed by atoms with Crippen molar-refractivity contribution in [3.8, 4) is 16.9 Å². The molecule has 0 atom stereocenters. The highest BCUT2D eigenvalue weighted by atomic mass is 79.9. The molecule has 3 nitrogen and oxygen atoms in total. The average Bonchev–Trinajstić information content (AvgIpc) is 2.81. The average molecular weight is 425 g/mol. The van der Waals surface area contributed by atoms with Gasteiger partial charge >= 0.3 is 0 Å². The normalized spacial score (nSPS) is 11.5. The van der Waals surface area contributed by atoms with Crippen molar-refractivity contribution in [2.45, 2.75) is 6.54 Å². The van der Waals surface area contributed by atoms with Crippen LogP contribution in [0.2, 0.25) is 0 Å². The summed E-state index contributed by atoms with van der Waals surface area (Å²) in [5, 5.41) is 11.4. The number of benzene rings is 2. The van der Waals surface area contributed by atoms with E-state index in [0.29, 0.717) is 15.7 Å². The maximum atomic E-state index is 10.5. The first-order valence-corrected chi connectivity index (χ1v) is 8.40. The summed E-state index contributed by atoms with van der Waals surface area (Å²) in [4.78, 5) is 2.00. The monoisotopic (exact) mass is 423 g/mol. The van der Waals surface area contributed by atoms with Crippen LogP contribution >= 0.6 is 31.9 Å². The summed E-state index contributed by atoms with van der Waals surface area (Å²) >= 11 is 7.03. The number of halogens is 2. The van der Waals surface area contributed by atoms with Crippen molar-refractivity contribution in [3.05, 3.63) is 51.1 Å². The molecule has 0 fully saturated rings. The van der Waals surface area contributed by atoms with Gasteiger partial charge in [-0.2, -0.15) is 0 Å². The van der Waals surface area contributed by atoms with Gasteiger partial charge in [0, 0.05) is 23.1 Å². The van der Waals surface area contributed by atoms with Gasteiger partial charge < -0.3 is 14.4 Å². The summed E-state index contributed by atoms with van der Waals surface area (Å²) in [6.45, 7) is 0.638. The van der Waals surface area contributed by atoms with E-state index in [1.54, 1.807) is 0 Å². The standard InChI is InChI=1S/C17H15Br2NO2/c1-20(2)9-11-8-12-14(15(18)16(11)21)13(17(19)22-12)10-6-4-3-5-7-10/h3-8,21H,9H2,1-2H3. The Morgan fingerprint density at radius 1 is 1.14 bits per heavy atom. The maximum absolute atomic E-state index is 10.5. The van der Waals surface area contributed by atoms with Crippen LogP contribution in [0.1, 0.15) is 5.56 Å². The zero-order valence-corrected chi connectivity index (χ0v) is 15.4. The van der Waals surface area contributed by atoms with Crippen LogP contribution in [0.4, 0.5) is 0 Å². The van der Waals surface area contributed by atoms with Gasteiger partial charge in [0.25, 0.3) is 0 Å². The van der Waals surface area contributed by atoms with E-state index in [0.717, 1.165) is 27.7 Å². The molecule has 0 aliphatic heterocycles. The van der Waals surface area contributed by atoms with Crippen LogP contribution < -0.4 is 0 Å². The van der Waals surface area contributed by atoms with E-state index in [9.17, 15) is 5.11 Å². The fourth-order valence-corrected chi connectivity index (χ4v) is 3.80. The van der Waals surface area contributed by atoms with Gasteiger partial charge in [0.1, 0.15) is 11.3 Å². The molecule has 0 aliphatic rings. The molecule has 0 radical (unpaired) electrons. The highest BCUT2D eigenvalue weighted by molar-refractivity contribution is 9.11. The van der Waals surface area contributed by atoms with Crippen LogP contribution in [0.3, 0.4) is 0 Å². The summed E-state index contributed by atoms with van der Waals surface area (Å²) in [6.07, 6.45) is 0. The predicted octanol–water partition coefficient (Wildman–Crippen LogP) is 5.39. The van der Waals surface area contributed by atoms with Crippen LogP contribution in [0, 0.1) is 0 Å². The number of rotatable bonds is 3. The second-order valence-corrected chi connectivity index (χ2v) is 6.94. The lowest BCUT2D eigenvalue weighted by Crippen LogP contribution is -2.10. The molecule has 0 saturated carbocycles. The zero-order chi connectivity index (χ0) is 15.9. The van der Waals surface area contributed by atoms with Gasteiger partial charge in [-0.1, -0.05) is 30.3 Å². The number of hydrogen-bond acceptors (Lipinski definition) is 3. The number of hydrogen-bond donors (Lipinski definition) is 1. The van der Waals surface area contributed by atoms with Crippen LogP contribution in [-0.2, 0) is 6.54 Å². The summed E-state index contributed by atoms with van der Waals surface area (Å²) < 4.78 is 7.19. The molecular formula is C17H15Br2NO2. The van der Waals surface area contributed by atoms with Crippen molar-refractivity contribution < 1.29 is 9.52 Å². The molecule has 0 aliphatic carbocycles. The van der Waals surface area contributed by atoms with Crippen molar-refractivity contribution in [3.63, 3.8) is 0 Å². The van der Waals surface area contributed by atoms with Crippen LogP contribution in [-0.4, -0.2) is 24.1 Å². The highest BCUT2D eigenvalue weighted by Crippen LogP contribution is 2.46. The molecule has 0 spiro atoms. The molecule has 0 unspecified atom stereocenters. The highest BCUT2D eigenvalue weighted by Gasteiger charge is 2.21. The Hall–Kier alpha value is -1.30. The lowest BCUT2D eigenvalue weighted by atomic mass is 10.0. The second-order valence-electron chi connectivity index (χ2n) is 5.43. The Labute approximate surface area is 145 Å².